The number of nitrogens with one attached hydrogen (secondary N) is 1. The van der Waals surface area contributed by atoms with Crippen molar-refractivity contribution in [1.29, 1.82) is 0 Å². The Labute approximate surface area is 131 Å². The summed E-state index contributed by atoms with van der Waals surface area (Å²) in [6.07, 6.45) is 0. The average molecular weight is 343 g/mol. The summed E-state index contributed by atoms with van der Waals surface area (Å²) < 4.78 is 36.9. The maximum atomic E-state index is 12.3. The summed E-state index contributed by atoms with van der Waals surface area (Å²) in [5, 5.41) is 10.1. The van der Waals surface area contributed by atoms with E-state index in [1.54, 1.807) is 6.07 Å². The van der Waals surface area contributed by atoms with Gasteiger partial charge in [0.05, 0.1) is 25.5 Å². The second-order valence-corrected chi connectivity index (χ2v) is 6.99. The summed E-state index contributed by atoms with van der Waals surface area (Å²) in [7, 11) is -0.982. The van der Waals surface area contributed by atoms with Crippen LogP contribution in [-0.2, 0) is 10.0 Å². The molecule has 0 spiro atoms. The van der Waals surface area contributed by atoms with Gasteiger partial charge in [-0.15, -0.1) is 11.3 Å². The average Bonchev–Trinajstić information content (AvgIpc) is 2.97. The van der Waals surface area contributed by atoms with E-state index < -0.39 is 16.0 Å². The van der Waals surface area contributed by atoms with Crippen LogP contribution in [-0.4, -0.2) is 33.7 Å². The molecule has 2 aromatic rings. The summed E-state index contributed by atoms with van der Waals surface area (Å²) in [6, 6.07) is 5.69. The molecule has 0 radical (unpaired) electrons. The Morgan fingerprint density at radius 1 is 1.14 bits per heavy atom. The molecule has 0 amide bonds. The Morgan fingerprint density at radius 2 is 1.73 bits per heavy atom. The molecule has 2 N–H and O–H groups in total. The van der Waals surface area contributed by atoms with Gasteiger partial charge in [0.25, 0.3) is 10.0 Å². The Hall–Kier alpha value is -2.26. The highest BCUT2D eigenvalue weighted by molar-refractivity contribution is 7.94. The molecule has 9 heteroatoms. The molecule has 0 aliphatic heterocycles. The minimum Gasteiger partial charge on any atom is -0.497 e. The van der Waals surface area contributed by atoms with Gasteiger partial charge in [0, 0.05) is 23.6 Å². The fourth-order valence-electron chi connectivity index (χ4n) is 1.64. The molecule has 0 fully saturated rings. The molecule has 0 saturated heterocycles. The summed E-state index contributed by atoms with van der Waals surface area (Å²) in [4.78, 5) is 10.8. The van der Waals surface area contributed by atoms with Crippen molar-refractivity contribution in [1.82, 2.24) is 0 Å². The second kappa shape index (κ2) is 6.24. The molecule has 0 saturated carbocycles. The van der Waals surface area contributed by atoms with E-state index in [9.17, 15) is 13.2 Å². The Kier molecular flexibility index (Phi) is 4.57. The van der Waals surface area contributed by atoms with Gasteiger partial charge in [-0.3, -0.25) is 4.72 Å². The minimum atomic E-state index is -3.88. The van der Waals surface area contributed by atoms with Gasteiger partial charge in [0.1, 0.15) is 15.7 Å². The SMILES string of the molecule is COc1cc(NS(=O)(=O)c2cc(C(=O)O)cs2)cc(OC)c1. The van der Waals surface area contributed by atoms with Crippen LogP contribution in [0.5, 0.6) is 11.5 Å². The second-order valence-electron chi connectivity index (χ2n) is 4.17. The third-order valence-electron chi connectivity index (χ3n) is 2.69. The summed E-state index contributed by atoms with van der Waals surface area (Å²) in [5.74, 6) is -0.329. The smallest absolute Gasteiger partial charge is 0.336 e. The number of carboxylic acid groups (broad SMARTS) is 1. The van der Waals surface area contributed by atoms with Crippen molar-refractivity contribution in [2.45, 2.75) is 4.21 Å². The number of rotatable bonds is 6. The first-order chi connectivity index (χ1) is 10.4. The number of thiophene rings is 1. The van der Waals surface area contributed by atoms with Crippen LogP contribution in [0.15, 0.2) is 33.9 Å². The lowest BCUT2D eigenvalue weighted by atomic mass is 10.3. The van der Waals surface area contributed by atoms with E-state index in [2.05, 4.69) is 4.72 Å². The Morgan fingerprint density at radius 3 is 2.18 bits per heavy atom. The number of anilines is 1. The number of benzene rings is 1. The van der Waals surface area contributed by atoms with Crippen LogP contribution in [0, 0.1) is 0 Å². The van der Waals surface area contributed by atoms with Gasteiger partial charge in [-0.1, -0.05) is 0 Å². The largest absolute Gasteiger partial charge is 0.497 e. The van der Waals surface area contributed by atoms with Gasteiger partial charge in [-0.25, -0.2) is 13.2 Å². The van der Waals surface area contributed by atoms with Crippen molar-refractivity contribution < 1.29 is 27.8 Å². The van der Waals surface area contributed by atoms with Gasteiger partial charge >= 0.3 is 5.97 Å². The number of aromatic carboxylic acids is 1. The molecule has 1 aromatic carbocycles. The number of sulfonamides is 1. The zero-order valence-corrected chi connectivity index (χ0v) is 13.3. The third kappa shape index (κ3) is 3.49. The molecule has 0 bridgehead atoms. The quantitative estimate of drug-likeness (QED) is 0.834. The first kappa shape index (κ1) is 16.1. The van der Waals surface area contributed by atoms with Crippen LogP contribution in [0.25, 0.3) is 0 Å². The van der Waals surface area contributed by atoms with Gasteiger partial charge in [-0.2, -0.15) is 0 Å². The van der Waals surface area contributed by atoms with Crippen LogP contribution in [0.3, 0.4) is 0 Å². The van der Waals surface area contributed by atoms with Gasteiger partial charge < -0.3 is 14.6 Å². The van der Waals surface area contributed by atoms with Crippen molar-refractivity contribution in [3.63, 3.8) is 0 Å². The first-order valence-electron chi connectivity index (χ1n) is 5.93. The number of carbonyl (C=O) groups is 1. The predicted octanol–water partition coefficient (Wildman–Crippen LogP) is 2.26. The fraction of sp³-hybridized carbons (Fsp3) is 0.154. The lowest BCUT2D eigenvalue weighted by molar-refractivity contribution is 0.0697. The minimum absolute atomic E-state index is 0.0754. The molecule has 22 heavy (non-hydrogen) atoms. The van der Waals surface area contributed by atoms with Crippen LogP contribution < -0.4 is 14.2 Å². The zero-order chi connectivity index (χ0) is 16.3. The van der Waals surface area contributed by atoms with Gasteiger partial charge in [0.15, 0.2) is 0 Å². The van der Waals surface area contributed by atoms with Crippen LogP contribution in [0.1, 0.15) is 10.4 Å². The van der Waals surface area contributed by atoms with Gasteiger partial charge in [-0.05, 0) is 6.07 Å². The van der Waals surface area contributed by atoms with E-state index in [1.165, 1.54) is 31.7 Å². The predicted molar refractivity (Wildman–Crippen MR) is 81.6 cm³/mol. The highest BCUT2D eigenvalue weighted by atomic mass is 32.2. The van der Waals surface area contributed by atoms with Crippen molar-refractivity contribution in [3.8, 4) is 11.5 Å². The summed E-state index contributed by atoms with van der Waals surface area (Å²) in [6.45, 7) is 0. The number of ether oxygens (including phenoxy) is 2. The standard InChI is InChI=1S/C13H13NO6S2/c1-19-10-4-9(5-11(6-10)20-2)14-22(17,18)12-3-8(7-21-12)13(15)16/h3-7,14H,1-2H3,(H,15,16). The molecular formula is C13H13NO6S2. The highest BCUT2D eigenvalue weighted by Crippen LogP contribution is 2.29. The molecule has 0 aliphatic rings. The number of hydrogen-bond acceptors (Lipinski definition) is 6. The first-order valence-corrected chi connectivity index (χ1v) is 8.29. The lowest BCUT2D eigenvalue weighted by Crippen LogP contribution is -2.11. The maximum absolute atomic E-state index is 12.3. The number of methoxy groups -OCH3 is 2. The highest BCUT2D eigenvalue weighted by Gasteiger charge is 2.19. The molecule has 0 atom stereocenters. The van der Waals surface area contributed by atoms with Crippen LogP contribution in [0.4, 0.5) is 5.69 Å². The molecule has 118 valence electrons. The lowest BCUT2D eigenvalue weighted by Gasteiger charge is -2.10. The third-order valence-corrected chi connectivity index (χ3v) is 5.51. The molecule has 2 rings (SSSR count). The van der Waals surface area contributed by atoms with Crippen LogP contribution in [0.2, 0.25) is 0 Å². The van der Waals surface area contributed by atoms with Crippen molar-refractivity contribution >= 4 is 33.0 Å². The van der Waals surface area contributed by atoms with Crippen molar-refractivity contribution in [2.24, 2.45) is 0 Å². The molecule has 7 nitrogen and oxygen atoms in total. The maximum Gasteiger partial charge on any atom is 0.336 e. The normalized spacial score (nSPS) is 11.0. The van der Waals surface area contributed by atoms with Gasteiger partial charge in [0.2, 0.25) is 0 Å². The number of carboxylic acids is 1. The van der Waals surface area contributed by atoms with E-state index in [4.69, 9.17) is 14.6 Å². The molecule has 0 aliphatic carbocycles. The van der Waals surface area contributed by atoms with Crippen LogP contribution >= 0.6 is 11.3 Å². The van der Waals surface area contributed by atoms with E-state index >= 15 is 0 Å². The topological polar surface area (TPSA) is 102 Å². The van der Waals surface area contributed by atoms with E-state index in [0.29, 0.717) is 11.5 Å². The van der Waals surface area contributed by atoms with E-state index in [-0.39, 0.29) is 15.5 Å². The molecule has 1 aromatic heterocycles. The summed E-state index contributed by atoms with van der Waals surface area (Å²) >= 11 is 0.830. The van der Waals surface area contributed by atoms with E-state index in [0.717, 1.165) is 17.4 Å². The molecular weight excluding hydrogens is 330 g/mol. The van der Waals surface area contributed by atoms with Crippen molar-refractivity contribution in [3.05, 3.63) is 35.2 Å². The van der Waals surface area contributed by atoms with Crippen molar-refractivity contribution in [2.75, 3.05) is 18.9 Å². The molecule has 1 heterocycles. The zero-order valence-electron chi connectivity index (χ0n) is 11.7. The summed E-state index contributed by atoms with van der Waals surface area (Å²) in [5.41, 5.74) is 0.176. The Balaban J connectivity index is 2.33. The fourth-order valence-corrected chi connectivity index (χ4v) is 3.84. The monoisotopic (exact) mass is 343 g/mol. The Bertz CT molecular complexity index is 774. The number of hydrogen-bond donors (Lipinski definition) is 2. The molecule has 0 unspecified atom stereocenters. The van der Waals surface area contributed by atoms with E-state index in [1.807, 2.05) is 0 Å².